The Balaban J connectivity index is 3.06. The number of hydrogen-bond acceptors (Lipinski definition) is 8. The first-order valence-electron chi connectivity index (χ1n) is 12.8. The first-order valence-corrected chi connectivity index (χ1v) is 12.8. The summed E-state index contributed by atoms with van der Waals surface area (Å²) in [6, 6.07) is 4.17. The fraction of sp³-hybridized carbons (Fsp3) is 0.560. The van der Waals surface area contributed by atoms with Crippen molar-refractivity contribution < 1.29 is 29.4 Å². The molecular formula is C25H42N8O6. The first-order chi connectivity index (χ1) is 18.5. The molecule has 13 N–H and O–H groups in total. The third kappa shape index (κ3) is 13.0. The molecule has 1 rings (SSSR count). The minimum absolute atomic E-state index is 0.0608. The van der Waals surface area contributed by atoms with Crippen LogP contribution in [0.1, 0.15) is 44.6 Å². The second-order valence-corrected chi connectivity index (χ2v) is 9.21. The first kappa shape index (κ1) is 33.3. The molecule has 0 fully saturated rings. The van der Waals surface area contributed by atoms with Crippen molar-refractivity contribution in [2.24, 2.45) is 27.9 Å². The van der Waals surface area contributed by atoms with E-state index < -0.39 is 54.0 Å². The number of benzene rings is 1. The highest BCUT2D eigenvalue weighted by atomic mass is 16.4. The highest BCUT2D eigenvalue weighted by Crippen LogP contribution is 2.08. The number of carbonyl (C=O) groups excluding carboxylic acids is 3. The van der Waals surface area contributed by atoms with Gasteiger partial charge in [-0.15, -0.1) is 0 Å². The number of hydrogen-bond donors (Lipinski definition) is 9. The van der Waals surface area contributed by atoms with E-state index in [1.54, 1.807) is 30.3 Å². The van der Waals surface area contributed by atoms with Gasteiger partial charge in [0.1, 0.15) is 24.2 Å². The zero-order chi connectivity index (χ0) is 29.4. The average molecular weight is 551 g/mol. The molecule has 1 aromatic rings. The summed E-state index contributed by atoms with van der Waals surface area (Å²) in [7, 11) is 0. The number of carboxylic acid groups (broad SMARTS) is 1. The highest BCUT2D eigenvalue weighted by Gasteiger charge is 2.31. The number of aliphatic carboxylic acids is 1. The van der Waals surface area contributed by atoms with Gasteiger partial charge in [-0.1, -0.05) is 30.3 Å². The molecule has 14 heteroatoms. The Morgan fingerprint density at radius 2 is 1.44 bits per heavy atom. The number of unbranched alkanes of at least 4 members (excludes halogenated alkanes) is 1. The molecule has 0 heterocycles. The lowest BCUT2D eigenvalue weighted by molar-refractivity contribution is -0.142. The van der Waals surface area contributed by atoms with Crippen molar-refractivity contribution in [1.29, 1.82) is 0 Å². The van der Waals surface area contributed by atoms with Gasteiger partial charge in [-0.25, -0.2) is 4.79 Å². The van der Waals surface area contributed by atoms with Crippen molar-refractivity contribution in [3.8, 4) is 0 Å². The van der Waals surface area contributed by atoms with Gasteiger partial charge in [-0.2, -0.15) is 0 Å². The van der Waals surface area contributed by atoms with Crippen LogP contribution in [0.15, 0.2) is 35.3 Å². The van der Waals surface area contributed by atoms with Gasteiger partial charge in [-0.3, -0.25) is 19.4 Å². The summed E-state index contributed by atoms with van der Waals surface area (Å²) >= 11 is 0. The average Bonchev–Trinajstić information content (AvgIpc) is 2.88. The molecule has 0 aliphatic rings. The Labute approximate surface area is 228 Å². The maximum atomic E-state index is 13.3. The van der Waals surface area contributed by atoms with Crippen LogP contribution in [0.3, 0.4) is 0 Å². The van der Waals surface area contributed by atoms with E-state index in [1.807, 2.05) is 0 Å². The lowest BCUT2D eigenvalue weighted by Gasteiger charge is -2.26. The molecule has 0 aromatic heterocycles. The molecule has 0 aliphatic carbocycles. The number of aliphatic imine (C=N–C) groups is 1. The number of nitrogens with zero attached hydrogens (tertiary/aromatic N) is 1. The topological polar surface area (TPSA) is 261 Å². The Kier molecular flexibility index (Phi) is 15.1. The van der Waals surface area contributed by atoms with Crippen molar-refractivity contribution in [2.75, 3.05) is 13.1 Å². The molecule has 5 unspecified atom stereocenters. The molecule has 0 spiro atoms. The Morgan fingerprint density at radius 3 is 2.00 bits per heavy atom. The van der Waals surface area contributed by atoms with Gasteiger partial charge in [0.15, 0.2) is 5.96 Å². The molecule has 14 nitrogen and oxygen atoms in total. The van der Waals surface area contributed by atoms with Crippen molar-refractivity contribution in [1.82, 2.24) is 16.0 Å². The quantitative estimate of drug-likeness (QED) is 0.0534. The van der Waals surface area contributed by atoms with Gasteiger partial charge in [0, 0.05) is 13.0 Å². The number of guanidine groups is 1. The number of aliphatic hydroxyl groups excluding tert-OH is 1. The second-order valence-electron chi connectivity index (χ2n) is 9.21. The number of aliphatic hydroxyl groups is 1. The largest absolute Gasteiger partial charge is 0.480 e. The zero-order valence-electron chi connectivity index (χ0n) is 22.2. The fourth-order valence-electron chi connectivity index (χ4n) is 3.61. The lowest BCUT2D eigenvalue weighted by Crippen LogP contribution is -2.58. The van der Waals surface area contributed by atoms with Crippen LogP contribution in [0.4, 0.5) is 0 Å². The summed E-state index contributed by atoms with van der Waals surface area (Å²) in [5.74, 6) is -3.48. The minimum atomic E-state index is -1.27. The Bertz CT molecular complexity index is 955. The summed E-state index contributed by atoms with van der Waals surface area (Å²) in [5.41, 5.74) is 22.6. The normalized spacial score (nSPS) is 14.7. The number of carboxylic acids is 1. The molecule has 0 bridgehead atoms. The van der Waals surface area contributed by atoms with Crippen LogP contribution in [-0.4, -0.2) is 83.2 Å². The van der Waals surface area contributed by atoms with Gasteiger partial charge in [0.2, 0.25) is 17.7 Å². The second kappa shape index (κ2) is 17.7. The van der Waals surface area contributed by atoms with E-state index in [2.05, 4.69) is 20.9 Å². The standard InChI is InChI=1S/C25H42N8O6/c1-15(34)20(27)23(37)33-19(14-16-8-3-2-4-9-16)22(36)31-17(10-5-6-12-26)21(35)32-18(24(38)39)11-7-13-30-25(28)29/h2-4,8-9,15,17-20,34H,5-7,10-14,26-27H2,1H3,(H,31,36)(H,32,35)(H,33,37)(H,38,39)(H4,28,29,30). The molecular weight excluding hydrogens is 508 g/mol. The SMILES string of the molecule is CC(O)C(N)C(=O)NC(Cc1ccccc1)C(=O)NC(CCCCN)C(=O)NC(CCCN=C(N)N)C(=O)O. The van der Waals surface area contributed by atoms with E-state index in [-0.39, 0.29) is 31.8 Å². The van der Waals surface area contributed by atoms with Crippen molar-refractivity contribution in [3.63, 3.8) is 0 Å². The van der Waals surface area contributed by atoms with Crippen molar-refractivity contribution in [3.05, 3.63) is 35.9 Å². The van der Waals surface area contributed by atoms with Crippen LogP contribution in [-0.2, 0) is 25.6 Å². The van der Waals surface area contributed by atoms with Gasteiger partial charge in [-0.05, 0) is 51.1 Å². The third-order valence-corrected chi connectivity index (χ3v) is 5.88. The minimum Gasteiger partial charge on any atom is -0.480 e. The van der Waals surface area contributed by atoms with Gasteiger partial charge < -0.3 is 49.1 Å². The molecule has 1 aromatic carbocycles. The monoisotopic (exact) mass is 550 g/mol. The van der Waals surface area contributed by atoms with Gasteiger partial charge in [0.25, 0.3) is 0 Å². The third-order valence-electron chi connectivity index (χ3n) is 5.88. The summed E-state index contributed by atoms with van der Waals surface area (Å²) < 4.78 is 0. The number of carbonyl (C=O) groups is 4. The van der Waals surface area contributed by atoms with E-state index in [4.69, 9.17) is 22.9 Å². The predicted octanol–water partition coefficient (Wildman–Crippen LogP) is -2.34. The number of nitrogens with one attached hydrogen (secondary N) is 3. The number of amides is 3. The Hall–Kier alpha value is -3.75. The molecule has 0 saturated carbocycles. The number of rotatable bonds is 18. The van der Waals surface area contributed by atoms with Gasteiger partial charge >= 0.3 is 5.97 Å². The van der Waals surface area contributed by atoms with Gasteiger partial charge in [0.05, 0.1) is 6.10 Å². The fourth-order valence-corrected chi connectivity index (χ4v) is 3.61. The molecule has 0 aliphatic heterocycles. The molecule has 39 heavy (non-hydrogen) atoms. The van der Waals surface area contributed by atoms with Crippen LogP contribution in [0.5, 0.6) is 0 Å². The molecule has 218 valence electrons. The van der Waals surface area contributed by atoms with E-state index in [0.29, 0.717) is 25.8 Å². The molecule has 5 atom stereocenters. The van der Waals surface area contributed by atoms with Crippen LogP contribution < -0.4 is 38.9 Å². The van der Waals surface area contributed by atoms with Crippen molar-refractivity contribution in [2.45, 2.75) is 75.7 Å². The summed E-state index contributed by atoms with van der Waals surface area (Å²) in [6.45, 7) is 1.91. The van der Waals surface area contributed by atoms with Crippen LogP contribution >= 0.6 is 0 Å². The smallest absolute Gasteiger partial charge is 0.326 e. The molecule has 3 amide bonds. The summed E-state index contributed by atoms with van der Waals surface area (Å²) in [5, 5.41) is 26.9. The van der Waals surface area contributed by atoms with Crippen LogP contribution in [0, 0.1) is 0 Å². The molecule has 0 radical (unpaired) electrons. The maximum Gasteiger partial charge on any atom is 0.326 e. The predicted molar refractivity (Wildman–Crippen MR) is 146 cm³/mol. The summed E-state index contributed by atoms with van der Waals surface area (Å²) in [4.78, 5) is 54.5. The highest BCUT2D eigenvalue weighted by molar-refractivity contribution is 5.94. The van der Waals surface area contributed by atoms with E-state index >= 15 is 0 Å². The maximum absolute atomic E-state index is 13.3. The summed E-state index contributed by atoms with van der Waals surface area (Å²) in [6.07, 6.45) is 0.548. The lowest BCUT2D eigenvalue weighted by atomic mass is 10.0. The van der Waals surface area contributed by atoms with E-state index in [9.17, 15) is 29.4 Å². The van der Waals surface area contributed by atoms with Crippen LogP contribution in [0.2, 0.25) is 0 Å². The zero-order valence-corrected chi connectivity index (χ0v) is 22.2. The van der Waals surface area contributed by atoms with E-state index in [1.165, 1.54) is 6.92 Å². The Morgan fingerprint density at radius 1 is 0.872 bits per heavy atom. The van der Waals surface area contributed by atoms with Crippen LogP contribution in [0.25, 0.3) is 0 Å². The van der Waals surface area contributed by atoms with E-state index in [0.717, 1.165) is 5.56 Å². The number of nitrogens with two attached hydrogens (primary N) is 4. The van der Waals surface area contributed by atoms with Crippen molar-refractivity contribution >= 4 is 29.7 Å². The molecule has 0 saturated heterocycles.